The summed E-state index contributed by atoms with van der Waals surface area (Å²) in [5, 5.41) is 0. The molecule has 0 aliphatic carbocycles. The molecule has 0 fully saturated rings. The zero-order chi connectivity index (χ0) is 20.1. The lowest BCUT2D eigenvalue weighted by Gasteiger charge is -2.11. The Kier molecular flexibility index (Phi) is 5.21. The van der Waals surface area contributed by atoms with E-state index in [2.05, 4.69) is 0 Å². The van der Waals surface area contributed by atoms with Crippen molar-refractivity contribution in [2.75, 3.05) is 11.5 Å². The summed E-state index contributed by atoms with van der Waals surface area (Å²) in [6, 6.07) is 29.4. The van der Waals surface area contributed by atoms with E-state index in [1.807, 2.05) is 84.9 Å². The number of nitrogens with two attached hydrogens (primary N) is 2. The highest BCUT2D eigenvalue weighted by Crippen LogP contribution is 2.31. The Balaban J connectivity index is 1.39. The molecule has 0 bridgehead atoms. The summed E-state index contributed by atoms with van der Waals surface area (Å²) < 4.78 is 17.5. The number of benzene rings is 4. The first-order valence-corrected chi connectivity index (χ1v) is 9.10. The van der Waals surface area contributed by atoms with Gasteiger partial charge in [0.1, 0.15) is 34.5 Å². The van der Waals surface area contributed by atoms with E-state index in [-0.39, 0.29) is 0 Å². The van der Waals surface area contributed by atoms with Gasteiger partial charge in [0.25, 0.3) is 0 Å². The van der Waals surface area contributed by atoms with E-state index in [4.69, 9.17) is 25.7 Å². The third kappa shape index (κ3) is 4.59. The first-order valence-electron chi connectivity index (χ1n) is 9.10. The fraction of sp³-hybridized carbons (Fsp3) is 0. The van der Waals surface area contributed by atoms with Crippen molar-refractivity contribution in [3.05, 3.63) is 97.1 Å². The average Bonchev–Trinajstić information content (AvgIpc) is 2.74. The van der Waals surface area contributed by atoms with E-state index in [1.54, 1.807) is 12.1 Å². The lowest BCUT2D eigenvalue weighted by atomic mass is 10.3. The highest BCUT2D eigenvalue weighted by Gasteiger charge is 2.04. The molecular weight excluding hydrogens is 364 g/mol. The Morgan fingerprint density at radius 3 is 1.03 bits per heavy atom. The fourth-order valence-electron chi connectivity index (χ4n) is 2.69. The second-order valence-electron chi connectivity index (χ2n) is 6.32. The monoisotopic (exact) mass is 384 g/mol. The van der Waals surface area contributed by atoms with Gasteiger partial charge in [-0.25, -0.2) is 0 Å². The molecule has 0 aliphatic rings. The summed E-state index contributed by atoms with van der Waals surface area (Å²) >= 11 is 0. The molecule has 0 atom stereocenters. The van der Waals surface area contributed by atoms with Gasteiger partial charge in [0, 0.05) is 0 Å². The quantitative estimate of drug-likeness (QED) is 0.385. The van der Waals surface area contributed by atoms with Gasteiger partial charge >= 0.3 is 0 Å². The third-order valence-electron chi connectivity index (χ3n) is 4.18. The van der Waals surface area contributed by atoms with Crippen molar-refractivity contribution in [3.8, 4) is 34.5 Å². The molecule has 5 nitrogen and oxygen atoms in total. The molecule has 0 heterocycles. The van der Waals surface area contributed by atoms with Crippen LogP contribution in [0.3, 0.4) is 0 Å². The summed E-state index contributed by atoms with van der Waals surface area (Å²) in [5.74, 6) is 3.99. The van der Waals surface area contributed by atoms with Gasteiger partial charge in [0.15, 0.2) is 0 Å². The van der Waals surface area contributed by atoms with E-state index in [0.717, 1.165) is 0 Å². The fourth-order valence-corrected chi connectivity index (χ4v) is 2.69. The standard InChI is InChI=1S/C24H20N2O3/c25-21-5-1-3-7-23(21)28-19-13-9-17(10-14-19)27-18-11-15-20(16-12-18)29-24-8-4-2-6-22(24)26/h1-16H,25-26H2. The summed E-state index contributed by atoms with van der Waals surface area (Å²) in [6.45, 7) is 0. The number of para-hydroxylation sites is 4. The third-order valence-corrected chi connectivity index (χ3v) is 4.18. The Hall–Kier alpha value is -4.12. The van der Waals surface area contributed by atoms with E-state index in [1.165, 1.54) is 0 Å². The largest absolute Gasteiger partial charge is 0.457 e. The van der Waals surface area contributed by atoms with Crippen LogP contribution in [0, 0.1) is 0 Å². The molecule has 0 saturated heterocycles. The van der Waals surface area contributed by atoms with Gasteiger partial charge in [0.2, 0.25) is 0 Å². The van der Waals surface area contributed by atoms with Crippen molar-refractivity contribution in [2.24, 2.45) is 0 Å². The van der Waals surface area contributed by atoms with Crippen LogP contribution in [-0.2, 0) is 0 Å². The van der Waals surface area contributed by atoms with Crippen LogP contribution < -0.4 is 25.7 Å². The number of hydrogen-bond acceptors (Lipinski definition) is 5. The SMILES string of the molecule is Nc1ccccc1Oc1ccc(Oc2ccc(Oc3ccccc3N)cc2)cc1. The maximum atomic E-state index is 5.90. The molecule has 0 spiro atoms. The maximum absolute atomic E-state index is 5.90. The van der Waals surface area contributed by atoms with Crippen molar-refractivity contribution in [1.29, 1.82) is 0 Å². The van der Waals surface area contributed by atoms with Gasteiger partial charge in [-0.1, -0.05) is 24.3 Å². The van der Waals surface area contributed by atoms with Gasteiger partial charge in [0.05, 0.1) is 11.4 Å². The van der Waals surface area contributed by atoms with Crippen molar-refractivity contribution in [2.45, 2.75) is 0 Å². The zero-order valence-corrected chi connectivity index (χ0v) is 15.6. The molecule has 5 heteroatoms. The predicted molar refractivity (Wildman–Crippen MR) is 115 cm³/mol. The highest BCUT2D eigenvalue weighted by molar-refractivity contribution is 5.54. The van der Waals surface area contributed by atoms with Gasteiger partial charge in [-0.3, -0.25) is 0 Å². The summed E-state index contributed by atoms with van der Waals surface area (Å²) in [7, 11) is 0. The van der Waals surface area contributed by atoms with Crippen molar-refractivity contribution >= 4 is 11.4 Å². The normalized spacial score (nSPS) is 10.3. The first-order chi connectivity index (χ1) is 14.2. The highest BCUT2D eigenvalue weighted by atomic mass is 16.5. The lowest BCUT2D eigenvalue weighted by molar-refractivity contribution is 0.465. The predicted octanol–water partition coefficient (Wildman–Crippen LogP) is 6.23. The van der Waals surface area contributed by atoms with Crippen LogP contribution in [0.5, 0.6) is 34.5 Å². The molecule has 4 aromatic rings. The Morgan fingerprint density at radius 1 is 0.379 bits per heavy atom. The molecule has 4 N–H and O–H groups in total. The molecule has 0 aliphatic heterocycles. The van der Waals surface area contributed by atoms with Crippen LogP contribution in [0.25, 0.3) is 0 Å². The molecule has 0 saturated carbocycles. The number of hydrogen-bond donors (Lipinski definition) is 2. The minimum atomic E-state index is 0.590. The number of rotatable bonds is 6. The zero-order valence-electron chi connectivity index (χ0n) is 15.6. The van der Waals surface area contributed by atoms with Crippen LogP contribution in [0.4, 0.5) is 11.4 Å². The van der Waals surface area contributed by atoms with E-state index in [0.29, 0.717) is 45.9 Å². The summed E-state index contributed by atoms with van der Waals surface area (Å²) in [5.41, 5.74) is 13.0. The van der Waals surface area contributed by atoms with E-state index < -0.39 is 0 Å². The topological polar surface area (TPSA) is 79.7 Å². The van der Waals surface area contributed by atoms with Crippen LogP contribution in [0.15, 0.2) is 97.1 Å². The molecule has 0 unspecified atom stereocenters. The number of anilines is 2. The van der Waals surface area contributed by atoms with Crippen LogP contribution in [0.2, 0.25) is 0 Å². The van der Waals surface area contributed by atoms with Crippen molar-refractivity contribution in [1.82, 2.24) is 0 Å². The molecule has 144 valence electrons. The lowest BCUT2D eigenvalue weighted by Crippen LogP contribution is -1.92. The smallest absolute Gasteiger partial charge is 0.150 e. The molecule has 0 radical (unpaired) electrons. The van der Waals surface area contributed by atoms with Crippen molar-refractivity contribution < 1.29 is 14.2 Å². The average molecular weight is 384 g/mol. The minimum absolute atomic E-state index is 0.590. The van der Waals surface area contributed by atoms with Crippen molar-refractivity contribution in [3.63, 3.8) is 0 Å². The van der Waals surface area contributed by atoms with E-state index >= 15 is 0 Å². The number of ether oxygens (including phenoxy) is 3. The second-order valence-corrected chi connectivity index (χ2v) is 6.32. The Morgan fingerprint density at radius 2 is 0.690 bits per heavy atom. The minimum Gasteiger partial charge on any atom is -0.457 e. The molecular formula is C24H20N2O3. The van der Waals surface area contributed by atoms with Gasteiger partial charge < -0.3 is 25.7 Å². The van der Waals surface area contributed by atoms with Crippen LogP contribution in [-0.4, -0.2) is 0 Å². The second kappa shape index (κ2) is 8.27. The van der Waals surface area contributed by atoms with Gasteiger partial charge in [-0.05, 0) is 72.8 Å². The van der Waals surface area contributed by atoms with E-state index in [9.17, 15) is 0 Å². The molecule has 4 rings (SSSR count). The molecule has 4 aromatic carbocycles. The first kappa shape index (κ1) is 18.3. The van der Waals surface area contributed by atoms with Gasteiger partial charge in [-0.15, -0.1) is 0 Å². The van der Waals surface area contributed by atoms with Crippen LogP contribution in [0.1, 0.15) is 0 Å². The summed E-state index contributed by atoms with van der Waals surface area (Å²) in [4.78, 5) is 0. The summed E-state index contributed by atoms with van der Waals surface area (Å²) in [6.07, 6.45) is 0. The molecule has 0 aromatic heterocycles. The Labute approximate surface area is 169 Å². The van der Waals surface area contributed by atoms with Crippen LogP contribution >= 0.6 is 0 Å². The molecule has 0 amide bonds. The number of nitrogen functional groups attached to an aromatic ring is 2. The molecule has 29 heavy (non-hydrogen) atoms. The maximum Gasteiger partial charge on any atom is 0.150 e. The van der Waals surface area contributed by atoms with Gasteiger partial charge in [-0.2, -0.15) is 0 Å². The Bertz CT molecular complexity index is 1000.